The van der Waals surface area contributed by atoms with E-state index >= 15 is 0 Å². The molecule has 2 heterocycles. The third-order valence-corrected chi connectivity index (χ3v) is 5.51. The second kappa shape index (κ2) is 9.18. The number of benzene rings is 2. The zero-order chi connectivity index (χ0) is 21.6. The van der Waals surface area contributed by atoms with E-state index in [1.807, 2.05) is 6.07 Å². The Morgan fingerprint density at radius 1 is 1.03 bits per heavy atom. The Bertz CT molecular complexity index is 1290. The van der Waals surface area contributed by atoms with Crippen LogP contribution in [0.2, 0.25) is 0 Å². The molecule has 0 saturated heterocycles. The van der Waals surface area contributed by atoms with Gasteiger partial charge in [-0.1, -0.05) is 12.1 Å². The molecule has 9 nitrogen and oxygen atoms in total. The van der Waals surface area contributed by atoms with Crippen molar-refractivity contribution in [1.82, 2.24) is 20.3 Å². The molecule has 0 aliphatic rings. The van der Waals surface area contributed by atoms with Crippen molar-refractivity contribution >= 4 is 39.3 Å². The van der Waals surface area contributed by atoms with Gasteiger partial charge in [-0.15, -0.1) is 0 Å². The average molecular weight is 434 g/mol. The van der Waals surface area contributed by atoms with E-state index in [9.17, 15) is 13.8 Å². The van der Waals surface area contributed by atoms with Gasteiger partial charge < -0.3 is 20.3 Å². The van der Waals surface area contributed by atoms with Crippen LogP contribution in [-0.4, -0.2) is 25.2 Å². The number of carbonyl (C=O) groups is 1. The predicted octanol–water partition coefficient (Wildman–Crippen LogP) is 2.77. The molecule has 2 aromatic heterocycles. The van der Waals surface area contributed by atoms with Crippen LogP contribution in [0.1, 0.15) is 5.56 Å². The lowest BCUT2D eigenvalue weighted by Crippen LogP contribution is -2.28. The van der Waals surface area contributed by atoms with Gasteiger partial charge in [0.25, 0.3) is 5.56 Å². The third-order valence-electron chi connectivity index (χ3n) is 4.36. The first-order chi connectivity index (χ1) is 15.1. The standard InChI is InChI=1S/C21H18N6O3S/c28-20-17-4-1-5-18(19(17)24-13-25-20)31(30)27-16-8-6-15(7-9-16)26-21(29)23-12-14-3-2-10-22-11-14/h1-11,13,27H,12H2,(H2,23,26,29)(H,24,25,28). The van der Waals surface area contributed by atoms with Gasteiger partial charge in [0.1, 0.15) is 0 Å². The Labute approximate surface area is 179 Å². The maximum absolute atomic E-state index is 12.8. The van der Waals surface area contributed by atoms with Crippen LogP contribution < -0.4 is 20.9 Å². The smallest absolute Gasteiger partial charge is 0.319 e. The molecule has 4 rings (SSSR count). The molecule has 0 radical (unpaired) electrons. The van der Waals surface area contributed by atoms with Crippen LogP contribution in [0.3, 0.4) is 0 Å². The Morgan fingerprint density at radius 2 is 1.84 bits per heavy atom. The number of nitrogens with one attached hydrogen (secondary N) is 4. The quantitative estimate of drug-likeness (QED) is 0.371. The summed E-state index contributed by atoms with van der Waals surface area (Å²) < 4.78 is 15.7. The molecule has 0 saturated carbocycles. The van der Waals surface area contributed by atoms with Crippen LogP contribution in [0, 0.1) is 0 Å². The molecule has 156 valence electrons. The monoisotopic (exact) mass is 434 g/mol. The molecule has 4 aromatic rings. The number of rotatable bonds is 6. The number of pyridine rings is 1. The van der Waals surface area contributed by atoms with E-state index in [4.69, 9.17) is 0 Å². The molecule has 2 aromatic carbocycles. The summed E-state index contributed by atoms with van der Waals surface area (Å²) in [6, 6.07) is 15.0. The lowest BCUT2D eigenvalue weighted by Gasteiger charge is -2.10. The maximum Gasteiger partial charge on any atom is 0.319 e. The number of hydrogen-bond acceptors (Lipinski definition) is 5. The van der Waals surface area contributed by atoms with Crippen molar-refractivity contribution in [2.45, 2.75) is 11.4 Å². The molecule has 0 aliphatic carbocycles. The summed E-state index contributed by atoms with van der Waals surface area (Å²) in [5, 5.41) is 5.85. The Balaban J connectivity index is 1.38. The fourth-order valence-corrected chi connectivity index (χ4v) is 3.87. The van der Waals surface area contributed by atoms with Crippen molar-refractivity contribution in [3.05, 3.63) is 89.2 Å². The van der Waals surface area contributed by atoms with Gasteiger partial charge in [0, 0.05) is 30.3 Å². The summed E-state index contributed by atoms with van der Waals surface area (Å²) in [6.07, 6.45) is 4.64. The fourth-order valence-electron chi connectivity index (χ4n) is 2.87. The minimum absolute atomic E-state index is 0.291. The highest BCUT2D eigenvalue weighted by Crippen LogP contribution is 2.20. The number of aromatic amines is 1. The molecule has 31 heavy (non-hydrogen) atoms. The van der Waals surface area contributed by atoms with E-state index in [1.54, 1.807) is 60.9 Å². The molecule has 0 bridgehead atoms. The normalized spacial score (nSPS) is 11.6. The van der Waals surface area contributed by atoms with Crippen molar-refractivity contribution in [2.75, 3.05) is 10.0 Å². The number of para-hydroxylation sites is 1. The Hall–Kier alpha value is -4.05. The van der Waals surface area contributed by atoms with Crippen LogP contribution in [-0.2, 0) is 17.5 Å². The largest absolute Gasteiger partial charge is 0.334 e. The lowest BCUT2D eigenvalue weighted by molar-refractivity contribution is 0.251. The van der Waals surface area contributed by atoms with Crippen LogP contribution in [0.25, 0.3) is 10.9 Å². The van der Waals surface area contributed by atoms with Gasteiger partial charge >= 0.3 is 6.03 Å². The number of urea groups is 1. The van der Waals surface area contributed by atoms with Crippen LogP contribution in [0.5, 0.6) is 0 Å². The number of amides is 2. The molecule has 0 aliphatic heterocycles. The summed E-state index contributed by atoms with van der Waals surface area (Å²) in [4.78, 5) is 35.0. The molecule has 0 fully saturated rings. The van der Waals surface area contributed by atoms with Gasteiger partial charge in [-0.3, -0.25) is 9.78 Å². The summed E-state index contributed by atoms with van der Waals surface area (Å²) in [7, 11) is -1.63. The van der Waals surface area contributed by atoms with E-state index in [2.05, 4.69) is 30.3 Å². The van der Waals surface area contributed by atoms with Crippen molar-refractivity contribution in [1.29, 1.82) is 0 Å². The predicted molar refractivity (Wildman–Crippen MR) is 119 cm³/mol. The summed E-state index contributed by atoms with van der Waals surface area (Å²) in [6.45, 7) is 0.361. The first-order valence-corrected chi connectivity index (χ1v) is 10.4. The second-order valence-corrected chi connectivity index (χ2v) is 7.68. The highest BCUT2D eigenvalue weighted by Gasteiger charge is 2.12. The molecule has 0 spiro atoms. The highest BCUT2D eigenvalue weighted by atomic mass is 32.2. The zero-order valence-electron chi connectivity index (χ0n) is 16.2. The number of aromatic nitrogens is 3. The van der Waals surface area contributed by atoms with Crippen molar-refractivity contribution < 1.29 is 9.00 Å². The number of carbonyl (C=O) groups excluding carboxylic acids is 1. The number of hydrogen-bond donors (Lipinski definition) is 4. The number of nitrogens with zero attached hydrogens (tertiary/aromatic N) is 2. The van der Waals surface area contributed by atoms with Gasteiger partial charge in [0.05, 0.1) is 22.1 Å². The first-order valence-electron chi connectivity index (χ1n) is 9.29. The number of H-pyrrole nitrogens is 1. The topological polar surface area (TPSA) is 129 Å². The maximum atomic E-state index is 12.8. The minimum atomic E-state index is -1.63. The second-order valence-electron chi connectivity index (χ2n) is 6.50. The van der Waals surface area contributed by atoms with Gasteiger partial charge in [-0.25, -0.2) is 14.0 Å². The number of fused-ring (bicyclic) bond motifs is 1. The summed E-state index contributed by atoms with van der Waals surface area (Å²) >= 11 is 0. The Kier molecular flexibility index (Phi) is 5.99. The molecule has 10 heteroatoms. The van der Waals surface area contributed by atoms with Crippen LogP contribution in [0.15, 0.2) is 83.0 Å². The lowest BCUT2D eigenvalue weighted by atomic mass is 10.2. The molecule has 1 unspecified atom stereocenters. The van der Waals surface area contributed by atoms with Gasteiger partial charge in [0.2, 0.25) is 0 Å². The Morgan fingerprint density at radius 3 is 2.61 bits per heavy atom. The molecular formula is C21H18N6O3S. The van der Waals surface area contributed by atoms with Crippen molar-refractivity contribution in [3.63, 3.8) is 0 Å². The van der Waals surface area contributed by atoms with Crippen LogP contribution in [0.4, 0.5) is 16.2 Å². The SMILES string of the molecule is O=C(NCc1cccnc1)Nc1ccc(NS(=O)c2cccc3c(=O)[nH]cnc23)cc1. The first kappa shape index (κ1) is 20.2. The van der Waals surface area contributed by atoms with E-state index in [0.717, 1.165) is 5.56 Å². The summed E-state index contributed by atoms with van der Waals surface area (Å²) in [5.41, 5.74) is 2.14. The van der Waals surface area contributed by atoms with E-state index in [0.29, 0.717) is 33.7 Å². The zero-order valence-corrected chi connectivity index (χ0v) is 17.0. The average Bonchev–Trinajstić information content (AvgIpc) is 2.80. The van der Waals surface area contributed by atoms with Crippen molar-refractivity contribution in [3.8, 4) is 0 Å². The van der Waals surface area contributed by atoms with Gasteiger partial charge in [-0.2, -0.15) is 0 Å². The summed E-state index contributed by atoms with van der Waals surface area (Å²) in [5.74, 6) is 0. The molecular weight excluding hydrogens is 416 g/mol. The third kappa shape index (κ3) is 4.93. The fraction of sp³-hybridized carbons (Fsp3) is 0.0476. The van der Waals surface area contributed by atoms with Crippen molar-refractivity contribution in [2.24, 2.45) is 0 Å². The molecule has 2 amide bonds. The van der Waals surface area contributed by atoms with Gasteiger partial charge in [0.15, 0.2) is 11.0 Å². The minimum Gasteiger partial charge on any atom is -0.334 e. The van der Waals surface area contributed by atoms with E-state index in [1.165, 1.54) is 6.33 Å². The number of anilines is 2. The van der Waals surface area contributed by atoms with E-state index in [-0.39, 0.29) is 11.6 Å². The molecule has 1 atom stereocenters. The van der Waals surface area contributed by atoms with E-state index < -0.39 is 11.0 Å². The highest BCUT2D eigenvalue weighted by molar-refractivity contribution is 7.86. The van der Waals surface area contributed by atoms with Crippen LogP contribution >= 0.6 is 0 Å². The molecule has 4 N–H and O–H groups in total. The van der Waals surface area contributed by atoms with Gasteiger partial charge in [-0.05, 0) is 48.0 Å².